The third-order valence-electron chi connectivity index (χ3n) is 4.36. The Hall–Kier alpha value is -2.89. The number of rotatable bonds is 8. The van der Waals surface area contributed by atoms with Gasteiger partial charge in [-0.3, -0.25) is 9.78 Å². The van der Waals surface area contributed by atoms with Crippen molar-refractivity contribution in [2.24, 2.45) is 0 Å². The van der Waals surface area contributed by atoms with Crippen LogP contribution in [0.5, 0.6) is 5.75 Å². The van der Waals surface area contributed by atoms with Crippen molar-refractivity contribution in [1.29, 1.82) is 0 Å². The highest BCUT2D eigenvalue weighted by molar-refractivity contribution is 5.95. The third-order valence-corrected chi connectivity index (χ3v) is 4.36. The lowest BCUT2D eigenvalue weighted by Gasteiger charge is -2.16. The Kier molecular flexibility index (Phi) is 6.41. The van der Waals surface area contributed by atoms with E-state index in [2.05, 4.69) is 4.98 Å². The lowest BCUT2D eigenvalue weighted by molar-refractivity contribution is -0.146. The highest BCUT2D eigenvalue weighted by Gasteiger charge is 2.21. The van der Waals surface area contributed by atoms with Crippen LogP contribution in [0.1, 0.15) is 30.7 Å². The van der Waals surface area contributed by atoms with Crippen LogP contribution in [-0.2, 0) is 20.7 Å². The minimum Gasteiger partial charge on any atom is -0.482 e. The first-order chi connectivity index (χ1) is 13.1. The van der Waals surface area contributed by atoms with E-state index in [0.717, 1.165) is 42.9 Å². The second-order valence-electron chi connectivity index (χ2n) is 6.53. The Morgan fingerprint density at radius 1 is 1.19 bits per heavy atom. The highest BCUT2D eigenvalue weighted by atomic mass is 16.6. The predicted molar refractivity (Wildman–Crippen MR) is 102 cm³/mol. The van der Waals surface area contributed by atoms with Crippen molar-refractivity contribution in [2.75, 3.05) is 24.7 Å². The van der Waals surface area contributed by atoms with E-state index in [9.17, 15) is 9.59 Å². The maximum absolute atomic E-state index is 11.8. The smallest absolute Gasteiger partial charge is 0.344 e. The average molecular weight is 368 g/mol. The molecule has 142 valence electrons. The van der Waals surface area contributed by atoms with E-state index >= 15 is 0 Å². The van der Waals surface area contributed by atoms with E-state index in [1.807, 2.05) is 37.3 Å². The summed E-state index contributed by atoms with van der Waals surface area (Å²) in [7, 11) is 0. The molecule has 1 aromatic carbocycles. The van der Waals surface area contributed by atoms with Crippen LogP contribution in [0.4, 0.5) is 5.69 Å². The first kappa shape index (κ1) is 18.9. The number of hydrogen-bond acceptors (Lipinski definition) is 5. The van der Waals surface area contributed by atoms with Crippen LogP contribution in [0.15, 0.2) is 42.5 Å². The van der Waals surface area contributed by atoms with Gasteiger partial charge in [-0.15, -0.1) is 0 Å². The van der Waals surface area contributed by atoms with Crippen LogP contribution in [-0.4, -0.2) is 36.6 Å². The van der Waals surface area contributed by atoms with Crippen LogP contribution in [0.25, 0.3) is 0 Å². The topological polar surface area (TPSA) is 68.7 Å². The normalized spacial score (nSPS) is 13.7. The molecule has 1 aliphatic heterocycles. The number of benzene rings is 1. The number of carbonyl (C=O) groups excluding carboxylic acids is 2. The summed E-state index contributed by atoms with van der Waals surface area (Å²) in [6.07, 6.45) is 2.99. The summed E-state index contributed by atoms with van der Waals surface area (Å²) in [5.41, 5.74) is 2.84. The summed E-state index contributed by atoms with van der Waals surface area (Å²) < 4.78 is 10.6. The lowest BCUT2D eigenvalue weighted by Crippen LogP contribution is -2.23. The van der Waals surface area contributed by atoms with Gasteiger partial charge in [-0.2, -0.15) is 0 Å². The van der Waals surface area contributed by atoms with Gasteiger partial charge in [0.25, 0.3) is 0 Å². The molecule has 3 rings (SSSR count). The summed E-state index contributed by atoms with van der Waals surface area (Å²) in [6, 6.07) is 13.1. The fraction of sp³-hybridized carbons (Fsp3) is 0.381. The Bertz CT molecular complexity index is 789. The minimum atomic E-state index is -0.397. The van der Waals surface area contributed by atoms with Crippen molar-refractivity contribution in [3.8, 4) is 5.75 Å². The molecule has 0 spiro atoms. The van der Waals surface area contributed by atoms with E-state index in [-0.39, 0.29) is 12.5 Å². The zero-order chi connectivity index (χ0) is 19.1. The van der Waals surface area contributed by atoms with Crippen molar-refractivity contribution in [2.45, 2.75) is 32.6 Å². The molecule has 27 heavy (non-hydrogen) atoms. The Morgan fingerprint density at radius 2 is 2.00 bits per heavy atom. The molecule has 1 saturated heterocycles. The summed E-state index contributed by atoms with van der Waals surface area (Å²) in [5.74, 6) is 0.324. The van der Waals surface area contributed by atoms with Crippen molar-refractivity contribution in [1.82, 2.24) is 4.98 Å². The Morgan fingerprint density at radius 3 is 2.70 bits per heavy atom. The monoisotopic (exact) mass is 368 g/mol. The minimum absolute atomic E-state index is 0.134. The van der Waals surface area contributed by atoms with E-state index in [1.165, 1.54) is 0 Å². The largest absolute Gasteiger partial charge is 0.482 e. The fourth-order valence-corrected chi connectivity index (χ4v) is 3.01. The van der Waals surface area contributed by atoms with E-state index < -0.39 is 5.97 Å². The Labute approximate surface area is 159 Å². The maximum atomic E-state index is 11.8. The van der Waals surface area contributed by atoms with E-state index in [0.29, 0.717) is 18.8 Å². The number of ether oxygens (including phenoxy) is 2. The molecule has 0 unspecified atom stereocenters. The summed E-state index contributed by atoms with van der Waals surface area (Å²) >= 11 is 0. The van der Waals surface area contributed by atoms with Gasteiger partial charge in [0.05, 0.1) is 6.61 Å². The van der Waals surface area contributed by atoms with Gasteiger partial charge in [0.15, 0.2) is 6.61 Å². The lowest BCUT2D eigenvalue weighted by atomic mass is 10.2. The van der Waals surface area contributed by atoms with Crippen molar-refractivity contribution in [3.05, 3.63) is 53.9 Å². The molecule has 1 aliphatic rings. The number of hydrogen-bond donors (Lipinski definition) is 0. The quantitative estimate of drug-likeness (QED) is 0.529. The molecule has 1 fully saturated rings. The number of amides is 1. The van der Waals surface area contributed by atoms with Crippen LogP contribution in [0.3, 0.4) is 0 Å². The number of aromatic nitrogens is 1. The van der Waals surface area contributed by atoms with Crippen molar-refractivity contribution in [3.63, 3.8) is 0 Å². The number of nitrogens with zero attached hydrogens (tertiary/aromatic N) is 2. The highest BCUT2D eigenvalue weighted by Crippen LogP contribution is 2.23. The molecule has 6 nitrogen and oxygen atoms in total. The van der Waals surface area contributed by atoms with Crippen molar-refractivity contribution < 1.29 is 19.1 Å². The van der Waals surface area contributed by atoms with Gasteiger partial charge in [-0.25, -0.2) is 4.79 Å². The number of anilines is 1. The maximum Gasteiger partial charge on any atom is 0.344 e. The van der Waals surface area contributed by atoms with Crippen LogP contribution in [0.2, 0.25) is 0 Å². The molecule has 2 heterocycles. The number of aryl methyl sites for hydroxylation is 2. The van der Waals surface area contributed by atoms with Gasteiger partial charge in [-0.1, -0.05) is 6.07 Å². The summed E-state index contributed by atoms with van der Waals surface area (Å²) in [6.45, 7) is 2.92. The van der Waals surface area contributed by atoms with E-state index in [1.54, 1.807) is 17.0 Å². The zero-order valence-electron chi connectivity index (χ0n) is 15.5. The molecule has 0 N–H and O–H groups in total. The number of carbonyl (C=O) groups is 2. The molecule has 0 atom stereocenters. The molecule has 1 aromatic heterocycles. The van der Waals surface area contributed by atoms with E-state index in [4.69, 9.17) is 9.47 Å². The van der Waals surface area contributed by atoms with Gasteiger partial charge in [0, 0.05) is 30.0 Å². The average Bonchev–Trinajstić information content (AvgIpc) is 3.10. The van der Waals surface area contributed by atoms with Crippen LogP contribution in [0, 0.1) is 6.92 Å². The SMILES string of the molecule is Cc1cccc(CCCOC(=O)COc2ccc(N3CCCC3=O)cc2)n1. The molecule has 6 heteroatoms. The molecule has 2 aromatic rings. The zero-order valence-corrected chi connectivity index (χ0v) is 15.5. The second-order valence-corrected chi connectivity index (χ2v) is 6.53. The molecule has 0 radical (unpaired) electrons. The van der Waals surface area contributed by atoms with Crippen LogP contribution >= 0.6 is 0 Å². The fourth-order valence-electron chi connectivity index (χ4n) is 3.01. The molecule has 0 aliphatic carbocycles. The molecule has 0 saturated carbocycles. The number of esters is 1. The molecular formula is C21H24N2O4. The standard InChI is InChI=1S/C21H24N2O4/c1-16-5-2-6-17(22-16)7-4-14-26-21(25)15-27-19-11-9-18(10-12-19)23-13-3-8-20(23)24/h2,5-6,9-12H,3-4,7-8,13-15H2,1H3. The van der Waals surface area contributed by atoms with Crippen LogP contribution < -0.4 is 9.64 Å². The summed E-state index contributed by atoms with van der Waals surface area (Å²) in [4.78, 5) is 29.7. The second kappa shape index (κ2) is 9.16. The van der Waals surface area contributed by atoms with Gasteiger partial charge in [0.2, 0.25) is 5.91 Å². The predicted octanol–water partition coefficient (Wildman–Crippen LogP) is 3.07. The first-order valence-electron chi connectivity index (χ1n) is 9.23. The van der Waals surface area contributed by atoms with Gasteiger partial charge >= 0.3 is 5.97 Å². The first-order valence-corrected chi connectivity index (χ1v) is 9.23. The number of pyridine rings is 1. The third kappa shape index (κ3) is 5.54. The Balaban J connectivity index is 1.35. The molecular weight excluding hydrogens is 344 g/mol. The summed E-state index contributed by atoms with van der Waals surface area (Å²) in [5, 5.41) is 0. The van der Waals surface area contributed by atoms with Gasteiger partial charge < -0.3 is 14.4 Å². The molecule has 1 amide bonds. The van der Waals surface area contributed by atoms with Gasteiger partial charge in [-0.05, 0) is 62.6 Å². The van der Waals surface area contributed by atoms with Gasteiger partial charge in [0.1, 0.15) is 5.75 Å². The molecule has 0 bridgehead atoms. The van der Waals surface area contributed by atoms with Crippen molar-refractivity contribution >= 4 is 17.6 Å².